The zero-order valence-corrected chi connectivity index (χ0v) is 14.3. The summed E-state index contributed by atoms with van der Waals surface area (Å²) in [7, 11) is 0. The van der Waals surface area contributed by atoms with Crippen molar-refractivity contribution in [1.29, 1.82) is 0 Å². The van der Waals surface area contributed by atoms with E-state index in [1.807, 2.05) is 18.2 Å². The average Bonchev–Trinajstić information content (AvgIpc) is 3.29. The lowest BCUT2D eigenvalue weighted by Crippen LogP contribution is -2.15. The summed E-state index contributed by atoms with van der Waals surface area (Å²) in [6, 6.07) is 5.66. The second-order valence-corrected chi connectivity index (χ2v) is 7.30. The highest BCUT2D eigenvalue weighted by atomic mass is 32.1. The van der Waals surface area contributed by atoms with E-state index in [1.165, 1.54) is 17.5 Å². The monoisotopic (exact) mass is 357 g/mol. The molecule has 25 heavy (non-hydrogen) atoms. The van der Waals surface area contributed by atoms with E-state index in [0.717, 1.165) is 27.8 Å². The van der Waals surface area contributed by atoms with Gasteiger partial charge in [-0.25, -0.2) is 9.37 Å². The van der Waals surface area contributed by atoms with Crippen molar-refractivity contribution in [2.45, 2.75) is 13.3 Å². The van der Waals surface area contributed by atoms with E-state index in [9.17, 15) is 9.18 Å². The number of thiazole rings is 1. The number of fused-ring (bicyclic) bond motifs is 1. The lowest BCUT2D eigenvalue weighted by Gasteiger charge is -2.05. The molecule has 0 spiro atoms. The van der Waals surface area contributed by atoms with Crippen LogP contribution in [0.1, 0.15) is 12.0 Å². The van der Waals surface area contributed by atoms with E-state index < -0.39 is 0 Å². The highest BCUT2D eigenvalue weighted by Crippen LogP contribution is 2.39. The van der Waals surface area contributed by atoms with Gasteiger partial charge in [0.05, 0.1) is 16.4 Å². The predicted octanol–water partition coefficient (Wildman–Crippen LogP) is 3.37. The molecule has 0 saturated heterocycles. The van der Waals surface area contributed by atoms with Gasteiger partial charge in [-0.15, -0.1) is 0 Å². The number of carbonyl (C=O) groups is 1. The van der Waals surface area contributed by atoms with Gasteiger partial charge < -0.3 is 10.4 Å². The molecule has 0 radical (unpaired) electrons. The third kappa shape index (κ3) is 3.01. The molecule has 2 aromatic heterocycles. The van der Waals surface area contributed by atoms with Gasteiger partial charge in [-0.3, -0.25) is 9.78 Å². The van der Waals surface area contributed by atoms with Crippen LogP contribution in [0.25, 0.3) is 21.3 Å². The molecule has 2 heterocycles. The second kappa shape index (κ2) is 6.16. The van der Waals surface area contributed by atoms with Crippen LogP contribution in [0.2, 0.25) is 0 Å². The Balaban J connectivity index is 1.61. The van der Waals surface area contributed by atoms with Gasteiger partial charge >= 0.3 is 0 Å². The van der Waals surface area contributed by atoms with Crippen LogP contribution in [0, 0.1) is 24.6 Å². The summed E-state index contributed by atoms with van der Waals surface area (Å²) in [6.45, 7) is 1.77. The molecule has 1 aromatic carbocycles. The molecule has 7 heteroatoms. The van der Waals surface area contributed by atoms with Crippen molar-refractivity contribution in [2.75, 3.05) is 11.9 Å². The molecule has 1 aliphatic rings. The Kier molecular flexibility index (Phi) is 3.97. The first-order valence-corrected chi connectivity index (χ1v) is 8.81. The molecule has 0 aliphatic heterocycles. The first-order chi connectivity index (χ1) is 12.1. The van der Waals surface area contributed by atoms with Gasteiger partial charge in [-0.2, -0.15) is 0 Å². The number of carbonyl (C=O) groups excluding carboxylic acids is 1. The molecule has 3 aromatic rings. The maximum Gasteiger partial charge on any atom is 0.229 e. The van der Waals surface area contributed by atoms with Crippen LogP contribution in [0.4, 0.5) is 9.52 Å². The van der Waals surface area contributed by atoms with E-state index in [-0.39, 0.29) is 30.2 Å². The number of pyridine rings is 1. The summed E-state index contributed by atoms with van der Waals surface area (Å²) in [5.74, 6) is -0.473. The van der Waals surface area contributed by atoms with Crippen LogP contribution in [-0.2, 0) is 4.79 Å². The Bertz CT molecular complexity index is 972. The van der Waals surface area contributed by atoms with Gasteiger partial charge in [0.15, 0.2) is 5.13 Å². The Morgan fingerprint density at radius 3 is 3.04 bits per heavy atom. The molecule has 2 atom stereocenters. The number of benzene rings is 1. The normalized spacial score (nSPS) is 19.2. The first-order valence-electron chi connectivity index (χ1n) is 7.99. The minimum Gasteiger partial charge on any atom is -0.396 e. The number of hydrogen-bond acceptors (Lipinski definition) is 5. The Morgan fingerprint density at radius 2 is 2.28 bits per heavy atom. The van der Waals surface area contributed by atoms with Crippen LogP contribution >= 0.6 is 11.3 Å². The number of amides is 1. The van der Waals surface area contributed by atoms with Crippen molar-refractivity contribution in [3.05, 3.63) is 42.0 Å². The number of anilines is 1. The van der Waals surface area contributed by atoms with E-state index in [2.05, 4.69) is 15.3 Å². The highest BCUT2D eigenvalue weighted by molar-refractivity contribution is 7.22. The van der Waals surface area contributed by atoms with Crippen LogP contribution < -0.4 is 5.32 Å². The summed E-state index contributed by atoms with van der Waals surface area (Å²) in [5.41, 5.74) is 2.93. The number of nitrogens with one attached hydrogen (secondary N) is 1. The highest BCUT2D eigenvalue weighted by Gasteiger charge is 2.42. The fourth-order valence-electron chi connectivity index (χ4n) is 2.90. The minimum absolute atomic E-state index is 0.0440. The Hall–Kier alpha value is -2.38. The van der Waals surface area contributed by atoms with Gasteiger partial charge in [0.1, 0.15) is 5.82 Å². The van der Waals surface area contributed by atoms with Gasteiger partial charge in [-0.05, 0) is 42.5 Å². The predicted molar refractivity (Wildman–Crippen MR) is 94.9 cm³/mol. The number of aliphatic hydroxyl groups excluding tert-OH is 1. The lowest BCUT2D eigenvalue weighted by molar-refractivity contribution is -0.117. The van der Waals surface area contributed by atoms with Gasteiger partial charge in [0.25, 0.3) is 0 Å². The Labute approximate surface area is 147 Å². The van der Waals surface area contributed by atoms with Crippen molar-refractivity contribution in [1.82, 2.24) is 9.97 Å². The third-order valence-electron chi connectivity index (χ3n) is 4.58. The number of halogens is 1. The molecule has 1 saturated carbocycles. The van der Waals surface area contributed by atoms with Crippen molar-refractivity contribution < 1.29 is 14.3 Å². The number of rotatable bonds is 4. The standard InChI is InChI=1S/C18H16FN3O2S/c1-9-13(6-20-7-14(9)19)10-2-3-15-16(5-10)25-18(21-15)22-17(24)12-4-11(12)8-23/h2-3,5-7,11-12,23H,4,8H2,1H3,(H,21,22,24)/t11?,12-/m1/s1. The van der Waals surface area contributed by atoms with Crippen LogP contribution in [0.5, 0.6) is 0 Å². The van der Waals surface area contributed by atoms with Crippen LogP contribution in [0.3, 0.4) is 0 Å². The van der Waals surface area contributed by atoms with Crippen molar-refractivity contribution in [2.24, 2.45) is 11.8 Å². The van der Waals surface area contributed by atoms with Crippen molar-refractivity contribution in [3.63, 3.8) is 0 Å². The molecule has 1 amide bonds. The van der Waals surface area contributed by atoms with E-state index in [1.54, 1.807) is 13.1 Å². The molecule has 128 valence electrons. The van der Waals surface area contributed by atoms with Gasteiger partial charge in [0.2, 0.25) is 5.91 Å². The number of aromatic nitrogens is 2. The molecule has 1 unspecified atom stereocenters. The Morgan fingerprint density at radius 1 is 1.44 bits per heavy atom. The zero-order valence-electron chi connectivity index (χ0n) is 13.5. The zero-order chi connectivity index (χ0) is 17.6. The number of aliphatic hydroxyl groups is 1. The largest absolute Gasteiger partial charge is 0.396 e. The maximum atomic E-state index is 13.7. The van der Waals surface area contributed by atoms with Gasteiger partial charge in [-0.1, -0.05) is 17.4 Å². The molecule has 1 fully saturated rings. The van der Waals surface area contributed by atoms with Crippen LogP contribution in [0.15, 0.2) is 30.6 Å². The number of hydrogen-bond donors (Lipinski definition) is 2. The second-order valence-electron chi connectivity index (χ2n) is 6.27. The smallest absolute Gasteiger partial charge is 0.229 e. The number of nitrogens with zero attached hydrogens (tertiary/aromatic N) is 2. The summed E-state index contributed by atoms with van der Waals surface area (Å²) in [5, 5.41) is 12.4. The average molecular weight is 357 g/mol. The molecule has 5 nitrogen and oxygen atoms in total. The molecular formula is C18H16FN3O2S. The van der Waals surface area contributed by atoms with Crippen LogP contribution in [-0.4, -0.2) is 27.6 Å². The lowest BCUT2D eigenvalue weighted by atomic mass is 10.0. The van der Waals surface area contributed by atoms with Crippen molar-refractivity contribution >= 4 is 32.6 Å². The topological polar surface area (TPSA) is 75.1 Å². The quantitative estimate of drug-likeness (QED) is 0.751. The first kappa shape index (κ1) is 16.1. The van der Waals surface area contributed by atoms with E-state index >= 15 is 0 Å². The minimum atomic E-state index is -0.335. The maximum absolute atomic E-state index is 13.7. The fourth-order valence-corrected chi connectivity index (χ4v) is 3.81. The summed E-state index contributed by atoms with van der Waals surface area (Å²) in [4.78, 5) is 20.4. The van der Waals surface area contributed by atoms with Gasteiger partial charge in [0, 0.05) is 24.3 Å². The summed E-state index contributed by atoms with van der Waals surface area (Å²) < 4.78 is 14.6. The van der Waals surface area contributed by atoms with E-state index in [4.69, 9.17) is 5.11 Å². The SMILES string of the molecule is Cc1c(F)cncc1-c1ccc2nc(NC(=O)[C@@H]3CC3CO)sc2c1. The van der Waals surface area contributed by atoms with E-state index in [0.29, 0.717) is 10.7 Å². The molecule has 4 rings (SSSR count). The third-order valence-corrected chi connectivity index (χ3v) is 5.51. The molecule has 2 N–H and O–H groups in total. The van der Waals surface area contributed by atoms with Crippen molar-refractivity contribution in [3.8, 4) is 11.1 Å². The fraction of sp³-hybridized carbons (Fsp3) is 0.278. The summed E-state index contributed by atoms with van der Waals surface area (Å²) >= 11 is 1.38. The molecular weight excluding hydrogens is 341 g/mol. The summed E-state index contributed by atoms with van der Waals surface area (Å²) in [6.07, 6.45) is 3.57. The molecule has 1 aliphatic carbocycles. The molecule has 0 bridgehead atoms.